The summed E-state index contributed by atoms with van der Waals surface area (Å²) in [6.45, 7) is 7.76. The van der Waals surface area contributed by atoms with Gasteiger partial charge in [-0.25, -0.2) is 0 Å². The number of aryl methyl sites for hydroxylation is 1. The Bertz CT molecular complexity index is 308. The summed E-state index contributed by atoms with van der Waals surface area (Å²) in [4.78, 5) is 0. The van der Waals surface area contributed by atoms with Crippen LogP contribution < -0.4 is 0 Å². The van der Waals surface area contributed by atoms with Crippen molar-refractivity contribution in [1.29, 1.82) is 0 Å². The Kier molecular flexibility index (Phi) is 2.87. The molecule has 0 bridgehead atoms. The van der Waals surface area contributed by atoms with Crippen molar-refractivity contribution in [2.45, 2.75) is 18.9 Å². The first-order valence-electron chi connectivity index (χ1n) is 3.71. The molecule has 0 fully saturated rings. The van der Waals surface area contributed by atoms with Crippen molar-refractivity contribution in [3.05, 3.63) is 23.4 Å². The topological polar surface area (TPSA) is 25.8 Å². The summed E-state index contributed by atoms with van der Waals surface area (Å²) >= 11 is 1.60. The van der Waals surface area contributed by atoms with Gasteiger partial charge in [0.25, 0.3) is 0 Å². The third kappa shape index (κ3) is 1.50. The largest absolute Gasteiger partial charge is 0.155 e. The molecule has 0 saturated heterocycles. The Morgan fingerprint density at radius 2 is 2.00 bits per heavy atom. The molecule has 0 atom stereocenters. The number of rotatable bonds is 2. The molecule has 1 heterocycles. The molecule has 0 N–H and O–H groups in total. The van der Waals surface area contributed by atoms with E-state index in [1.807, 2.05) is 26.2 Å². The van der Waals surface area contributed by atoms with Gasteiger partial charge in [-0.15, -0.1) is 16.9 Å². The minimum Gasteiger partial charge on any atom is -0.155 e. The fourth-order valence-corrected chi connectivity index (χ4v) is 1.57. The van der Waals surface area contributed by atoms with E-state index < -0.39 is 0 Å². The Balaban J connectivity index is 3.35. The average Bonchev–Trinajstić information content (AvgIpc) is 2.09. The molecule has 12 heavy (non-hydrogen) atoms. The highest BCUT2D eigenvalue weighted by Gasteiger charge is 2.05. The maximum atomic E-state index is 4.07. The number of hydrogen-bond donors (Lipinski definition) is 0. The fourth-order valence-electron chi connectivity index (χ4n) is 0.996. The molecule has 1 aromatic rings. The highest BCUT2D eigenvalue weighted by Crippen LogP contribution is 2.22. The lowest BCUT2D eigenvalue weighted by Gasteiger charge is -2.06. The summed E-state index contributed by atoms with van der Waals surface area (Å²) in [5, 5.41) is 9.06. The van der Waals surface area contributed by atoms with Gasteiger partial charge in [-0.1, -0.05) is 12.7 Å². The monoisotopic (exact) mass is 180 g/mol. The molecule has 1 rings (SSSR count). The highest BCUT2D eigenvalue weighted by atomic mass is 32.2. The van der Waals surface area contributed by atoms with Crippen LogP contribution in [-0.4, -0.2) is 16.5 Å². The molecular formula is C9H12N2S. The van der Waals surface area contributed by atoms with Crippen LogP contribution in [0.1, 0.15) is 16.8 Å². The molecule has 3 heteroatoms. The molecular weight excluding hydrogens is 168 g/mol. The molecule has 0 aliphatic carbocycles. The maximum Gasteiger partial charge on any atom is 0.126 e. The van der Waals surface area contributed by atoms with Gasteiger partial charge in [-0.05, 0) is 25.7 Å². The minimum absolute atomic E-state index is 0.952. The molecule has 0 aliphatic heterocycles. The van der Waals surface area contributed by atoms with Crippen molar-refractivity contribution in [3.8, 4) is 0 Å². The minimum atomic E-state index is 0.952. The molecule has 0 amide bonds. The smallest absolute Gasteiger partial charge is 0.126 e. The quantitative estimate of drug-likeness (QED) is 0.654. The van der Waals surface area contributed by atoms with Gasteiger partial charge in [-0.2, -0.15) is 5.10 Å². The van der Waals surface area contributed by atoms with E-state index in [2.05, 4.69) is 16.8 Å². The molecule has 0 unspecified atom stereocenters. The zero-order valence-electron chi connectivity index (χ0n) is 7.59. The van der Waals surface area contributed by atoms with Crippen LogP contribution in [0.4, 0.5) is 0 Å². The van der Waals surface area contributed by atoms with Crippen molar-refractivity contribution in [2.24, 2.45) is 0 Å². The molecule has 0 radical (unpaired) electrons. The van der Waals surface area contributed by atoms with Gasteiger partial charge in [0.1, 0.15) is 5.03 Å². The summed E-state index contributed by atoms with van der Waals surface area (Å²) in [5.41, 5.74) is 3.25. The van der Waals surface area contributed by atoms with Gasteiger partial charge in [0.05, 0.1) is 5.69 Å². The zero-order valence-corrected chi connectivity index (χ0v) is 8.40. The van der Waals surface area contributed by atoms with E-state index in [1.54, 1.807) is 11.8 Å². The Morgan fingerprint density at radius 1 is 1.33 bits per heavy atom. The summed E-state index contributed by atoms with van der Waals surface area (Å²) < 4.78 is 0. The van der Waals surface area contributed by atoms with E-state index in [1.165, 1.54) is 5.56 Å². The van der Waals surface area contributed by atoms with Crippen LogP contribution in [0.25, 0.3) is 6.08 Å². The fraction of sp³-hybridized carbons (Fsp3) is 0.333. The zero-order chi connectivity index (χ0) is 9.14. The lowest BCUT2D eigenvalue weighted by molar-refractivity contribution is 0.875. The van der Waals surface area contributed by atoms with Gasteiger partial charge < -0.3 is 0 Å². The maximum absolute atomic E-state index is 4.07. The van der Waals surface area contributed by atoms with Crippen LogP contribution in [0.15, 0.2) is 11.6 Å². The second-order valence-corrected chi connectivity index (χ2v) is 3.33. The molecule has 0 saturated carbocycles. The molecule has 0 aromatic carbocycles. The number of thioether (sulfide) groups is 1. The Hall–Kier alpha value is -0.830. The molecule has 64 valence electrons. The molecule has 1 aromatic heterocycles. The van der Waals surface area contributed by atoms with E-state index in [0.717, 1.165) is 16.3 Å². The van der Waals surface area contributed by atoms with Crippen LogP contribution in [0.2, 0.25) is 0 Å². The number of nitrogens with zero attached hydrogens (tertiary/aromatic N) is 2. The predicted octanol–water partition coefficient (Wildman–Crippen LogP) is 2.46. The second kappa shape index (κ2) is 3.72. The first-order chi connectivity index (χ1) is 5.70. The van der Waals surface area contributed by atoms with Crippen LogP contribution >= 0.6 is 11.8 Å². The average molecular weight is 180 g/mol. The summed E-state index contributed by atoms with van der Waals surface area (Å²) in [6.07, 6.45) is 3.83. The van der Waals surface area contributed by atoms with E-state index >= 15 is 0 Å². The molecule has 0 aliphatic rings. The second-order valence-electron chi connectivity index (χ2n) is 2.54. The molecule has 2 nitrogen and oxygen atoms in total. The van der Waals surface area contributed by atoms with Gasteiger partial charge in [0.15, 0.2) is 0 Å². The standard InChI is InChI=1S/C9H12N2S/c1-5-8-6(2)7(3)10-11-9(8)12-4/h5H,1H2,2-4H3. The predicted molar refractivity (Wildman–Crippen MR) is 53.4 cm³/mol. The van der Waals surface area contributed by atoms with Crippen molar-refractivity contribution in [3.63, 3.8) is 0 Å². The van der Waals surface area contributed by atoms with Gasteiger partial charge in [0.2, 0.25) is 0 Å². The van der Waals surface area contributed by atoms with E-state index in [0.29, 0.717) is 0 Å². The Labute approximate surface area is 77.1 Å². The summed E-state index contributed by atoms with van der Waals surface area (Å²) in [5.74, 6) is 0. The van der Waals surface area contributed by atoms with Crippen molar-refractivity contribution < 1.29 is 0 Å². The SMILES string of the molecule is C=Cc1c(SC)nnc(C)c1C. The van der Waals surface area contributed by atoms with Gasteiger partial charge in [-0.3, -0.25) is 0 Å². The first kappa shape index (κ1) is 9.26. The molecule has 0 spiro atoms. The lowest BCUT2D eigenvalue weighted by atomic mass is 10.1. The number of hydrogen-bond acceptors (Lipinski definition) is 3. The third-order valence-corrected chi connectivity index (χ3v) is 2.55. The van der Waals surface area contributed by atoms with Crippen LogP contribution in [0.5, 0.6) is 0 Å². The number of aromatic nitrogens is 2. The van der Waals surface area contributed by atoms with E-state index in [9.17, 15) is 0 Å². The van der Waals surface area contributed by atoms with E-state index in [4.69, 9.17) is 0 Å². The van der Waals surface area contributed by atoms with Crippen LogP contribution in [0, 0.1) is 13.8 Å². The van der Waals surface area contributed by atoms with Crippen molar-refractivity contribution >= 4 is 17.8 Å². The van der Waals surface area contributed by atoms with Gasteiger partial charge >= 0.3 is 0 Å². The summed E-state index contributed by atoms with van der Waals surface area (Å²) in [6, 6.07) is 0. The van der Waals surface area contributed by atoms with Crippen molar-refractivity contribution in [1.82, 2.24) is 10.2 Å². The summed E-state index contributed by atoms with van der Waals surface area (Å²) in [7, 11) is 0. The highest BCUT2D eigenvalue weighted by molar-refractivity contribution is 7.98. The lowest BCUT2D eigenvalue weighted by Crippen LogP contribution is -1.97. The normalized spacial score (nSPS) is 9.92. The Morgan fingerprint density at radius 3 is 2.50 bits per heavy atom. The van der Waals surface area contributed by atoms with Crippen LogP contribution in [-0.2, 0) is 0 Å². The first-order valence-corrected chi connectivity index (χ1v) is 4.93. The van der Waals surface area contributed by atoms with Crippen molar-refractivity contribution in [2.75, 3.05) is 6.26 Å². The third-order valence-electron chi connectivity index (χ3n) is 1.87. The van der Waals surface area contributed by atoms with E-state index in [-0.39, 0.29) is 0 Å². The van der Waals surface area contributed by atoms with Crippen LogP contribution in [0.3, 0.4) is 0 Å². The van der Waals surface area contributed by atoms with Gasteiger partial charge in [0, 0.05) is 5.56 Å².